The quantitative estimate of drug-likeness (QED) is 0.748. The lowest BCUT2D eigenvalue weighted by atomic mass is 9.98. The number of rotatable bonds is 2. The van der Waals surface area contributed by atoms with Crippen molar-refractivity contribution in [3.63, 3.8) is 0 Å². The SMILES string of the molecule is C[C@H](N)C(=O)OC1CCCCCCC1.Cl. The Bertz CT molecular complexity index is 177. The number of esters is 1. The summed E-state index contributed by atoms with van der Waals surface area (Å²) in [6.45, 7) is 1.67. The Hall–Kier alpha value is -0.280. The van der Waals surface area contributed by atoms with Gasteiger partial charge >= 0.3 is 5.97 Å². The number of nitrogens with two attached hydrogens (primary N) is 1. The molecule has 0 radical (unpaired) electrons. The molecule has 0 unspecified atom stereocenters. The first-order valence-corrected chi connectivity index (χ1v) is 5.66. The zero-order valence-corrected chi connectivity index (χ0v) is 10.2. The van der Waals surface area contributed by atoms with E-state index in [1.807, 2.05) is 0 Å². The van der Waals surface area contributed by atoms with Crippen molar-refractivity contribution in [2.24, 2.45) is 5.73 Å². The van der Waals surface area contributed by atoms with Crippen LogP contribution in [-0.2, 0) is 9.53 Å². The third-order valence-electron chi connectivity index (χ3n) is 2.71. The molecule has 15 heavy (non-hydrogen) atoms. The molecule has 0 aromatic heterocycles. The number of hydrogen-bond acceptors (Lipinski definition) is 3. The van der Waals surface area contributed by atoms with Gasteiger partial charge < -0.3 is 10.5 Å². The summed E-state index contributed by atoms with van der Waals surface area (Å²) in [6.07, 6.45) is 8.37. The van der Waals surface area contributed by atoms with Crippen LogP contribution in [-0.4, -0.2) is 18.1 Å². The average Bonchev–Trinajstić information content (AvgIpc) is 2.08. The van der Waals surface area contributed by atoms with Gasteiger partial charge in [-0.15, -0.1) is 12.4 Å². The van der Waals surface area contributed by atoms with Crippen LogP contribution < -0.4 is 5.73 Å². The molecule has 0 heterocycles. The lowest BCUT2D eigenvalue weighted by Gasteiger charge is -2.20. The van der Waals surface area contributed by atoms with Gasteiger partial charge in [0.15, 0.2) is 0 Å². The van der Waals surface area contributed by atoms with Crippen molar-refractivity contribution in [3.05, 3.63) is 0 Å². The minimum absolute atomic E-state index is 0. The highest BCUT2D eigenvalue weighted by molar-refractivity contribution is 5.85. The number of carbonyl (C=O) groups excluding carboxylic acids is 1. The summed E-state index contributed by atoms with van der Waals surface area (Å²) in [6, 6.07) is -0.486. The molecule has 4 heteroatoms. The van der Waals surface area contributed by atoms with Crippen molar-refractivity contribution in [2.75, 3.05) is 0 Å². The van der Waals surface area contributed by atoms with E-state index in [1.165, 1.54) is 32.1 Å². The van der Waals surface area contributed by atoms with Crippen molar-refractivity contribution in [1.82, 2.24) is 0 Å². The van der Waals surface area contributed by atoms with Gasteiger partial charge in [0.1, 0.15) is 12.1 Å². The van der Waals surface area contributed by atoms with Crippen LogP contribution in [0.5, 0.6) is 0 Å². The van der Waals surface area contributed by atoms with E-state index in [1.54, 1.807) is 6.92 Å². The Morgan fingerprint density at radius 3 is 2.13 bits per heavy atom. The second-order valence-corrected chi connectivity index (χ2v) is 4.19. The third-order valence-corrected chi connectivity index (χ3v) is 2.71. The predicted octanol–water partition coefficient (Wildman–Crippen LogP) is 2.41. The average molecular weight is 236 g/mol. The van der Waals surface area contributed by atoms with E-state index in [2.05, 4.69) is 0 Å². The summed E-state index contributed by atoms with van der Waals surface area (Å²) in [5.41, 5.74) is 5.45. The normalized spacial score (nSPS) is 20.7. The van der Waals surface area contributed by atoms with E-state index >= 15 is 0 Å². The van der Waals surface area contributed by atoms with E-state index in [0.717, 1.165) is 12.8 Å². The molecular weight excluding hydrogens is 214 g/mol. The molecule has 1 atom stereocenters. The predicted molar refractivity (Wildman–Crippen MR) is 63.1 cm³/mol. The van der Waals surface area contributed by atoms with Gasteiger partial charge in [-0.3, -0.25) is 4.79 Å². The van der Waals surface area contributed by atoms with Gasteiger partial charge in [0.2, 0.25) is 0 Å². The molecule has 1 rings (SSSR count). The molecule has 0 bridgehead atoms. The second-order valence-electron chi connectivity index (χ2n) is 4.19. The fourth-order valence-electron chi connectivity index (χ4n) is 1.81. The summed E-state index contributed by atoms with van der Waals surface area (Å²) in [4.78, 5) is 11.3. The molecule has 0 spiro atoms. The molecule has 0 aromatic rings. The number of halogens is 1. The smallest absolute Gasteiger partial charge is 0.322 e. The van der Waals surface area contributed by atoms with Crippen LogP contribution >= 0.6 is 12.4 Å². The first kappa shape index (κ1) is 14.7. The fourth-order valence-corrected chi connectivity index (χ4v) is 1.81. The van der Waals surface area contributed by atoms with Gasteiger partial charge in [-0.2, -0.15) is 0 Å². The van der Waals surface area contributed by atoms with Crippen LogP contribution in [0.4, 0.5) is 0 Å². The second kappa shape index (κ2) is 7.94. The lowest BCUT2D eigenvalue weighted by molar-refractivity contribution is -0.151. The van der Waals surface area contributed by atoms with Crippen LogP contribution in [0.1, 0.15) is 51.9 Å². The zero-order chi connectivity index (χ0) is 10.4. The van der Waals surface area contributed by atoms with Crippen molar-refractivity contribution in [3.8, 4) is 0 Å². The Kier molecular flexibility index (Phi) is 7.79. The summed E-state index contributed by atoms with van der Waals surface area (Å²) in [5, 5.41) is 0. The van der Waals surface area contributed by atoms with Crippen molar-refractivity contribution >= 4 is 18.4 Å². The van der Waals surface area contributed by atoms with Crippen LogP contribution in [0.25, 0.3) is 0 Å². The van der Waals surface area contributed by atoms with Crippen molar-refractivity contribution in [1.29, 1.82) is 0 Å². The summed E-state index contributed by atoms with van der Waals surface area (Å²) in [5.74, 6) is -0.254. The Balaban J connectivity index is 0.00000196. The fraction of sp³-hybridized carbons (Fsp3) is 0.909. The number of ether oxygens (including phenoxy) is 1. The Morgan fingerprint density at radius 1 is 1.20 bits per heavy atom. The van der Waals surface area contributed by atoms with Crippen LogP contribution in [0.15, 0.2) is 0 Å². The summed E-state index contributed by atoms with van der Waals surface area (Å²) >= 11 is 0. The molecule has 90 valence electrons. The molecular formula is C11H22ClNO2. The largest absolute Gasteiger partial charge is 0.461 e. The van der Waals surface area contributed by atoms with Gasteiger partial charge in [-0.25, -0.2) is 0 Å². The molecule has 0 saturated heterocycles. The monoisotopic (exact) mass is 235 g/mol. The first-order chi connectivity index (χ1) is 6.70. The molecule has 3 nitrogen and oxygen atoms in total. The molecule has 2 N–H and O–H groups in total. The maximum Gasteiger partial charge on any atom is 0.322 e. The molecule has 0 aliphatic heterocycles. The number of carbonyl (C=O) groups is 1. The molecule has 1 aliphatic carbocycles. The highest BCUT2D eigenvalue weighted by atomic mass is 35.5. The minimum atomic E-state index is -0.486. The zero-order valence-electron chi connectivity index (χ0n) is 9.41. The summed E-state index contributed by atoms with van der Waals surface area (Å²) < 4.78 is 5.32. The van der Waals surface area contributed by atoms with E-state index in [-0.39, 0.29) is 24.5 Å². The first-order valence-electron chi connectivity index (χ1n) is 5.66. The minimum Gasteiger partial charge on any atom is -0.461 e. The maximum absolute atomic E-state index is 11.3. The van der Waals surface area contributed by atoms with Gasteiger partial charge in [0.05, 0.1) is 0 Å². The van der Waals surface area contributed by atoms with Crippen LogP contribution in [0.2, 0.25) is 0 Å². The molecule has 1 saturated carbocycles. The van der Waals surface area contributed by atoms with Crippen molar-refractivity contribution < 1.29 is 9.53 Å². The number of hydrogen-bond donors (Lipinski definition) is 1. The maximum atomic E-state index is 11.3. The molecule has 0 amide bonds. The Morgan fingerprint density at radius 2 is 1.67 bits per heavy atom. The third kappa shape index (κ3) is 6.00. The lowest BCUT2D eigenvalue weighted by Crippen LogP contribution is -2.32. The van der Waals surface area contributed by atoms with E-state index in [4.69, 9.17) is 10.5 Å². The van der Waals surface area contributed by atoms with Gasteiger partial charge in [0, 0.05) is 0 Å². The molecule has 1 aliphatic rings. The van der Waals surface area contributed by atoms with Crippen molar-refractivity contribution in [2.45, 2.75) is 64.0 Å². The Labute approximate surface area is 98.2 Å². The van der Waals surface area contributed by atoms with Gasteiger partial charge in [-0.05, 0) is 32.6 Å². The standard InChI is InChI=1S/C11H21NO2.ClH/c1-9(12)11(13)14-10-7-5-3-2-4-6-8-10;/h9-10H,2-8,12H2,1H3;1H/t9-;/m0./s1. The molecule has 1 fully saturated rings. The van der Waals surface area contributed by atoms with E-state index in [0.29, 0.717) is 0 Å². The van der Waals surface area contributed by atoms with Crippen LogP contribution in [0.3, 0.4) is 0 Å². The molecule has 0 aromatic carbocycles. The highest BCUT2D eigenvalue weighted by Gasteiger charge is 2.17. The topological polar surface area (TPSA) is 52.3 Å². The van der Waals surface area contributed by atoms with E-state index in [9.17, 15) is 4.79 Å². The van der Waals surface area contributed by atoms with E-state index < -0.39 is 6.04 Å². The summed E-state index contributed by atoms with van der Waals surface area (Å²) in [7, 11) is 0. The van der Waals surface area contributed by atoms with Gasteiger partial charge in [-0.1, -0.05) is 19.3 Å². The van der Waals surface area contributed by atoms with Crippen LogP contribution in [0, 0.1) is 0 Å². The van der Waals surface area contributed by atoms with Gasteiger partial charge in [0.25, 0.3) is 0 Å². The highest BCUT2D eigenvalue weighted by Crippen LogP contribution is 2.19.